The van der Waals surface area contributed by atoms with Crippen LogP contribution >= 0.6 is 0 Å². The molecular formula is C28H31N3O7. The summed E-state index contributed by atoms with van der Waals surface area (Å²) in [6, 6.07) is 6.91. The number of rotatable bonds is 9. The fourth-order valence-corrected chi connectivity index (χ4v) is 5.51. The average molecular weight is 522 g/mol. The maximum Gasteiger partial charge on any atom is 0.259 e. The molecule has 1 fully saturated rings. The number of hydrogen-bond acceptors (Lipinski definition) is 9. The third-order valence-electron chi connectivity index (χ3n) is 7.46. The van der Waals surface area contributed by atoms with Crippen molar-refractivity contribution in [2.75, 3.05) is 67.0 Å². The molecule has 2 aliphatic heterocycles. The summed E-state index contributed by atoms with van der Waals surface area (Å²) >= 11 is 0. The summed E-state index contributed by atoms with van der Waals surface area (Å²) in [5.41, 5.74) is 2.11. The van der Waals surface area contributed by atoms with Gasteiger partial charge in [-0.2, -0.15) is 0 Å². The number of nitrogens with zero attached hydrogens (tertiary/aromatic N) is 2. The van der Waals surface area contributed by atoms with Gasteiger partial charge in [0.1, 0.15) is 0 Å². The molecule has 0 atom stereocenters. The molecule has 10 heteroatoms. The molecule has 2 aromatic carbocycles. The Hall–Kier alpha value is -3.60. The zero-order valence-electron chi connectivity index (χ0n) is 21.6. The van der Waals surface area contributed by atoms with E-state index in [1.807, 2.05) is 6.07 Å². The summed E-state index contributed by atoms with van der Waals surface area (Å²) < 4.78 is 29.2. The van der Waals surface area contributed by atoms with Crippen molar-refractivity contribution in [1.82, 2.24) is 14.8 Å². The van der Waals surface area contributed by atoms with Crippen LogP contribution in [-0.4, -0.2) is 82.2 Å². The number of aromatic nitrogens is 1. The number of hydrogen-bond donors (Lipinski definition) is 1. The Balaban J connectivity index is 1.35. The van der Waals surface area contributed by atoms with Crippen LogP contribution in [0.2, 0.25) is 0 Å². The second kappa shape index (κ2) is 10.3. The highest BCUT2D eigenvalue weighted by molar-refractivity contribution is 6.27. The van der Waals surface area contributed by atoms with Gasteiger partial charge in [0.05, 0.1) is 44.1 Å². The highest BCUT2D eigenvalue weighted by Crippen LogP contribution is 2.46. The van der Waals surface area contributed by atoms with Gasteiger partial charge < -0.3 is 33.6 Å². The Morgan fingerprint density at radius 2 is 1.55 bits per heavy atom. The van der Waals surface area contributed by atoms with E-state index < -0.39 is 0 Å². The number of methoxy groups -OCH3 is 2. The molecule has 38 heavy (non-hydrogen) atoms. The number of ketones is 1. The number of carbonyl (C=O) groups excluding carboxylic acids is 1. The lowest BCUT2D eigenvalue weighted by Crippen LogP contribution is -2.40. The molecular weight excluding hydrogens is 490 g/mol. The molecule has 1 saturated heterocycles. The minimum absolute atomic E-state index is 0.108. The highest BCUT2D eigenvalue weighted by atomic mass is 16.7. The van der Waals surface area contributed by atoms with E-state index in [4.69, 9.17) is 23.7 Å². The lowest BCUT2D eigenvalue weighted by molar-refractivity contribution is 0.0384. The second-order valence-corrected chi connectivity index (χ2v) is 9.57. The molecule has 0 bridgehead atoms. The maximum atomic E-state index is 13.9. The Kier molecular flexibility index (Phi) is 6.69. The van der Waals surface area contributed by atoms with Crippen LogP contribution in [0.1, 0.15) is 22.3 Å². The average Bonchev–Trinajstić information content (AvgIpc) is 3.52. The van der Waals surface area contributed by atoms with Crippen molar-refractivity contribution in [3.63, 3.8) is 0 Å². The quantitative estimate of drug-likeness (QED) is 0.333. The molecule has 1 N–H and O–H groups in total. The van der Waals surface area contributed by atoms with Gasteiger partial charge in [0.25, 0.3) is 5.56 Å². The van der Waals surface area contributed by atoms with Crippen molar-refractivity contribution in [3.8, 4) is 34.3 Å². The van der Waals surface area contributed by atoms with Crippen molar-refractivity contribution in [1.29, 1.82) is 0 Å². The van der Waals surface area contributed by atoms with Crippen LogP contribution < -0.4 is 29.8 Å². The van der Waals surface area contributed by atoms with Gasteiger partial charge in [-0.3, -0.25) is 14.5 Å². The van der Waals surface area contributed by atoms with E-state index in [1.54, 1.807) is 22.8 Å². The Bertz CT molecular complexity index is 1460. The molecule has 0 amide bonds. The summed E-state index contributed by atoms with van der Waals surface area (Å²) in [5, 5.41) is 4.45. The molecule has 1 aliphatic carbocycles. The molecule has 3 aliphatic rings. The van der Waals surface area contributed by atoms with Gasteiger partial charge in [-0.1, -0.05) is 0 Å². The molecule has 200 valence electrons. The van der Waals surface area contributed by atoms with E-state index in [2.05, 4.69) is 10.2 Å². The van der Waals surface area contributed by atoms with Crippen LogP contribution in [-0.2, 0) is 11.3 Å². The van der Waals surface area contributed by atoms with Crippen molar-refractivity contribution in [3.05, 3.63) is 45.7 Å². The minimum Gasteiger partial charge on any atom is -0.493 e. The summed E-state index contributed by atoms with van der Waals surface area (Å²) in [5.74, 6) is 1.86. The van der Waals surface area contributed by atoms with Crippen molar-refractivity contribution < 1.29 is 28.5 Å². The molecule has 0 radical (unpaired) electrons. The van der Waals surface area contributed by atoms with Gasteiger partial charge in [0, 0.05) is 49.2 Å². The van der Waals surface area contributed by atoms with Crippen molar-refractivity contribution in [2.45, 2.75) is 13.0 Å². The molecule has 3 aromatic rings. The van der Waals surface area contributed by atoms with Gasteiger partial charge in [0.2, 0.25) is 6.79 Å². The number of morpholine rings is 1. The Labute approximate surface area is 220 Å². The van der Waals surface area contributed by atoms with Crippen LogP contribution in [0, 0.1) is 0 Å². The van der Waals surface area contributed by atoms with E-state index in [0.717, 1.165) is 52.4 Å². The lowest BCUT2D eigenvalue weighted by Gasteiger charge is -2.26. The number of carbonyl (C=O) groups is 1. The number of fused-ring (bicyclic) bond motifs is 6. The Morgan fingerprint density at radius 1 is 0.868 bits per heavy atom. The van der Waals surface area contributed by atoms with Gasteiger partial charge in [0.15, 0.2) is 28.8 Å². The first-order valence-electron chi connectivity index (χ1n) is 12.9. The van der Waals surface area contributed by atoms with Gasteiger partial charge in [-0.25, -0.2) is 0 Å². The van der Waals surface area contributed by atoms with Crippen LogP contribution in [0.15, 0.2) is 29.1 Å². The van der Waals surface area contributed by atoms with Crippen molar-refractivity contribution >= 4 is 16.6 Å². The van der Waals surface area contributed by atoms with E-state index in [9.17, 15) is 9.59 Å². The molecule has 0 spiro atoms. The fraction of sp³-hybridized carbons (Fsp3) is 0.429. The smallest absolute Gasteiger partial charge is 0.259 e. The Morgan fingerprint density at radius 3 is 2.26 bits per heavy atom. The summed E-state index contributed by atoms with van der Waals surface area (Å²) in [7, 11) is 3.06. The lowest BCUT2D eigenvalue weighted by atomic mass is 10.0. The number of benzene rings is 2. The van der Waals surface area contributed by atoms with Gasteiger partial charge in [-0.15, -0.1) is 0 Å². The van der Waals surface area contributed by atoms with E-state index >= 15 is 0 Å². The van der Waals surface area contributed by atoms with E-state index in [1.165, 1.54) is 14.2 Å². The van der Waals surface area contributed by atoms with Crippen LogP contribution in [0.4, 0.5) is 0 Å². The molecule has 6 rings (SSSR count). The number of nitrogens with one attached hydrogen (secondary N) is 1. The predicted octanol–water partition coefficient (Wildman–Crippen LogP) is 2.27. The van der Waals surface area contributed by atoms with Gasteiger partial charge >= 0.3 is 0 Å². The zero-order chi connectivity index (χ0) is 26.2. The summed E-state index contributed by atoms with van der Waals surface area (Å²) in [4.78, 5) is 30.0. The second-order valence-electron chi connectivity index (χ2n) is 9.57. The first-order chi connectivity index (χ1) is 18.6. The maximum absolute atomic E-state index is 13.9. The normalized spacial score (nSPS) is 16.1. The van der Waals surface area contributed by atoms with E-state index in [-0.39, 0.29) is 18.1 Å². The number of ether oxygens (including phenoxy) is 5. The highest BCUT2D eigenvalue weighted by Gasteiger charge is 2.35. The standard InChI is InChI=1S/C28H31N3O7/c1-34-21-12-17-20(15-22(21)35-2)28(33)31(6-3-4-29-5-7-30-8-10-36-11-9-30)26-18-13-23-24(38-16-37-23)14-19(18)27(32)25(17)26/h12-15,29H,3-11,16H2,1-2H3. The van der Waals surface area contributed by atoms with E-state index in [0.29, 0.717) is 62.7 Å². The largest absolute Gasteiger partial charge is 0.493 e. The SMILES string of the molecule is COc1cc2c3c(n(CCCNCCN4CCOCC4)c(=O)c2cc1OC)-c1cc2c(cc1C3=O)OCO2. The van der Waals surface area contributed by atoms with Crippen LogP contribution in [0.5, 0.6) is 23.0 Å². The summed E-state index contributed by atoms with van der Waals surface area (Å²) in [6.45, 7) is 6.63. The zero-order valence-corrected chi connectivity index (χ0v) is 21.6. The van der Waals surface area contributed by atoms with Gasteiger partial charge in [-0.05, 0) is 37.2 Å². The third-order valence-corrected chi connectivity index (χ3v) is 7.46. The third kappa shape index (κ3) is 4.18. The fourth-order valence-electron chi connectivity index (χ4n) is 5.51. The summed E-state index contributed by atoms with van der Waals surface area (Å²) in [6.07, 6.45) is 0.725. The molecule has 1 aromatic heterocycles. The minimum atomic E-state index is -0.175. The topological polar surface area (TPSA) is 100 Å². The first kappa shape index (κ1) is 24.7. The molecule has 0 unspecified atom stereocenters. The first-order valence-corrected chi connectivity index (χ1v) is 12.9. The van der Waals surface area contributed by atoms with Crippen LogP contribution in [0.3, 0.4) is 0 Å². The predicted molar refractivity (Wildman–Crippen MR) is 141 cm³/mol. The molecule has 0 saturated carbocycles. The monoisotopic (exact) mass is 521 g/mol. The van der Waals surface area contributed by atoms with Crippen LogP contribution in [0.25, 0.3) is 22.0 Å². The number of pyridine rings is 1. The molecule has 10 nitrogen and oxygen atoms in total. The molecule has 3 heterocycles. The van der Waals surface area contributed by atoms with Crippen molar-refractivity contribution in [2.24, 2.45) is 0 Å².